The zero-order chi connectivity index (χ0) is 12.1. The minimum absolute atomic E-state index is 0.154. The van der Waals surface area contributed by atoms with E-state index in [2.05, 4.69) is 4.74 Å². The number of carbonyl (C=O) groups excluding carboxylic acids is 1. The highest BCUT2D eigenvalue weighted by atomic mass is 16.5. The molecule has 84 valence electrons. The average molecular weight is 219 g/mol. The van der Waals surface area contributed by atoms with E-state index in [1.54, 1.807) is 6.07 Å². The van der Waals surface area contributed by atoms with Gasteiger partial charge in [0.15, 0.2) is 0 Å². The fourth-order valence-electron chi connectivity index (χ4n) is 1.54. The second-order valence-electron chi connectivity index (χ2n) is 3.28. The Hall–Kier alpha value is -1.86. The van der Waals surface area contributed by atoms with Crippen molar-refractivity contribution < 1.29 is 14.6 Å². The molecule has 0 radical (unpaired) electrons. The Kier molecular flexibility index (Phi) is 4.03. The van der Waals surface area contributed by atoms with E-state index in [1.165, 1.54) is 13.2 Å². The number of hydrogen-bond acceptors (Lipinski definition) is 4. The van der Waals surface area contributed by atoms with Crippen LogP contribution in [-0.4, -0.2) is 18.2 Å². The molecule has 16 heavy (non-hydrogen) atoms. The van der Waals surface area contributed by atoms with E-state index >= 15 is 0 Å². The van der Waals surface area contributed by atoms with Gasteiger partial charge in [-0.25, -0.2) is 4.79 Å². The topological polar surface area (TPSA) is 70.3 Å². The molecule has 0 spiro atoms. The number of aliphatic hydroxyl groups excluding tert-OH is 1. The zero-order valence-corrected chi connectivity index (χ0v) is 9.28. The van der Waals surface area contributed by atoms with E-state index in [9.17, 15) is 4.79 Å². The molecule has 1 N–H and O–H groups in total. The van der Waals surface area contributed by atoms with E-state index in [4.69, 9.17) is 10.4 Å². The Morgan fingerprint density at radius 2 is 2.19 bits per heavy atom. The van der Waals surface area contributed by atoms with Crippen molar-refractivity contribution in [3.05, 3.63) is 34.4 Å². The largest absolute Gasteiger partial charge is 0.465 e. The second-order valence-corrected chi connectivity index (χ2v) is 3.28. The van der Waals surface area contributed by atoms with Crippen LogP contribution in [0.2, 0.25) is 0 Å². The first-order chi connectivity index (χ1) is 7.67. The summed E-state index contributed by atoms with van der Waals surface area (Å²) in [6.07, 6.45) is 0.700. The number of aliphatic hydroxyl groups is 1. The van der Waals surface area contributed by atoms with Crippen LogP contribution in [0.1, 0.15) is 34.0 Å². The molecule has 1 aromatic carbocycles. The zero-order valence-electron chi connectivity index (χ0n) is 9.28. The monoisotopic (exact) mass is 219 g/mol. The van der Waals surface area contributed by atoms with Crippen LogP contribution in [-0.2, 0) is 17.8 Å². The minimum atomic E-state index is -0.561. The predicted octanol–water partition coefficient (Wildman–Crippen LogP) is 1.40. The fourth-order valence-corrected chi connectivity index (χ4v) is 1.54. The lowest BCUT2D eigenvalue weighted by Crippen LogP contribution is -2.07. The van der Waals surface area contributed by atoms with Crippen molar-refractivity contribution in [3.63, 3.8) is 0 Å². The fraction of sp³-hybridized carbons (Fsp3) is 0.333. The first-order valence-electron chi connectivity index (χ1n) is 4.93. The van der Waals surface area contributed by atoms with Gasteiger partial charge < -0.3 is 9.84 Å². The molecule has 4 nitrogen and oxygen atoms in total. The third kappa shape index (κ3) is 2.20. The maximum atomic E-state index is 11.4. The molecule has 0 bridgehead atoms. The Labute approximate surface area is 94.1 Å². The van der Waals surface area contributed by atoms with Crippen LogP contribution in [0.4, 0.5) is 0 Å². The molecular formula is C12H13NO3. The molecule has 0 unspecified atom stereocenters. The van der Waals surface area contributed by atoms with E-state index in [-0.39, 0.29) is 17.7 Å². The number of nitrogens with zero attached hydrogens (tertiary/aromatic N) is 1. The molecule has 0 saturated carbocycles. The van der Waals surface area contributed by atoms with Gasteiger partial charge >= 0.3 is 5.97 Å². The summed E-state index contributed by atoms with van der Waals surface area (Å²) < 4.78 is 4.58. The van der Waals surface area contributed by atoms with E-state index < -0.39 is 5.97 Å². The van der Waals surface area contributed by atoms with Crippen molar-refractivity contribution >= 4 is 5.97 Å². The molecule has 0 aliphatic carbocycles. The van der Waals surface area contributed by atoms with Crippen molar-refractivity contribution in [1.29, 1.82) is 5.26 Å². The van der Waals surface area contributed by atoms with Gasteiger partial charge in [-0.2, -0.15) is 5.26 Å². The standard InChI is InChI=1S/C12H13NO3/c1-3-8-4-9(6-13)11(12(15)16-2)5-10(8)7-14/h4-5,14H,3,7H2,1-2H3. The van der Waals surface area contributed by atoms with Gasteiger partial charge in [0.2, 0.25) is 0 Å². The van der Waals surface area contributed by atoms with Gasteiger partial charge in [0.05, 0.1) is 24.8 Å². The number of hydrogen-bond donors (Lipinski definition) is 1. The number of esters is 1. The minimum Gasteiger partial charge on any atom is -0.465 e. The highest BCUT2D eigenvalue weighted by Crippen LogP contribution is 2.18. The number of aryl methyl sites for hydroxylation is 1. The van der Waals surface area contributed by atoms with Gasteiger partial charge in [-0.3, -0.25) is 0 Å². The van der Waals surface area contributed by atoms with Crippen LogP contribution >= 0.6 is 0 Å². The number of ether oxygens (including phenoxy) is 1. The predicted molar refractivity (Wildman–Crippen MR) is 57.8 cm³/mol. The quantitative estimate of drug-likeness (QED) is 0.780. The van der Waals surface area contributed by atoms with Crippen molar-refractivity contribution in [2.75, 3.05) is 7.11 Å². The Morgan fingerprint density at radius 3 is 2.62 bits per heavy atom. The van der Waals surface area contributed by atoms with Gasteiger partial charge in [0.1, 0.15) is 6.07 Å². The molecule has 0 heterocycles. The smallest absolute Gasteiger partial charge is 0.339 e. The van der Waals surface area contributed by atoms with Crippen molar-refractivity contribution in [2.45, 2.75) is 20.0 Å². The van der Waals surface area contributed by atoms with E-state index in [1.807, 2.05) is 13.0 Å². The van der Waals surface area contributed by atoms with Gasteiger partial charge in [0, 0.05) is 0 Å². The third-order valence-electron chi connectivity index (χ3n) is 2.42. The second kappa shape index (κ2) is 5.29. The van der Waals surface area contributed by atoms with Crippen LogP contribution in [0, 0.1) is 11.3 Å². The van der Waals surface area contributed by atoms with Gasteiger partial charge in [-0.1, -0.05) is 6.92 Å². The Morgan fingerprint density at radius 1 is 1.50 bits per heavy atom. The molecule has 0 aliphatic heterocycles. The van der Waals surface area contributed by atoms with Gasteiger partial charge in [-0.15, -0.1) is 0 Å². The summed E-state index contributed by atoms with van der Waals surface area (Å²) >= 11 is 0. The number of methoxy groups -OCH3 is 1. The molecule has 0 amide bonds. The highest BCUT2D eigenvalue weighted by Gasteiger charge is 2.14. The lowest BCUT2D eigenvalue weighted by atomic mass is 9.98. The van der Waals surface area contributed by atoms with Crippen LogP contribution < -0.4 is 0 Å². The summed E-state index contributed by atoms with van der Waals surface area (Å²) in [7, 11) is 1.26. The first kappa shape index (κ1) is 12.2. The molecule has 0 aromatic heterocycles. The average Bonchev–Trinajstić information content (AvgIpc) is 2.35. The molecule has 4 heteroatoms. The summed E-state index contributed by atoms with van der Waals surface area (Å²) in [4.78, 5) is 11.4. The van der Waals surface area contributed by atoms with Gasteiger partial charge in [0.25, 0.3) is 0 Å². The molecule has 1 rings (SSSR count). The summed E-state index contributed by atoms with van der Waals surface area (Å²) in [5, 5.41) is 18.1. The summed E-state index contributed by atoms with van der Waals surface area (Å²) in [5.74, 6) is -0.561. The molecule has 0 atom stereocenters. The van der Waals surface area contributed by atoms with E-state index in [0.29, 0.717) is 12.0 Å². The normalized spacial score (nSPS) is 9.62. The number of nitriles is 1. The number of benzene rings is 1. The summed E-state index contributed by atoms with van der Waals surface area (Å²) in [5.41, 5.74) is 2.00. The Bertz CT molecular complexity index is 446. The number of carbonyl (C=O) groups is 1. The van der Waals surface area contributed by atoms with E-state index in [0.717, 1.165) is 5.56 Å². The maximum absolute atomic E-state index is 11.4. The third-order valence-corrected chi connectivity index (χ3v) is 2.42. The van der Waals surface area contributed by atoms with Crippen LogP contribution in [0.25, 0.3) is 0 Å². The SMILES string of the molecule is CCc1cc(C#N)c(C(=O)OC)cc1CO. The molecular weight excluding hydrogens is 206 g/mol. The van der Waals surface area contributed by atoms with Crippen LogP contribution in [0.5, 0.6) is 0 Å². The van der Waals surface area contributed by atoms with Crippen LogP contribution in [0.15, 0.2) is 12.1 Å². The van der Waals surface area contributed by atoms with Gasteiger partial charge in [-0.05, 0) is 29.7 Å². The maximum Gasteiger partial charge on any atom is 0.339 e. The lowest BCUT2D eigenvalue weighted by Gasteiger charge is -2.09. The van der Waals surface area contributed by atoms with Crippen molar-refractivity contribution in [2.24, 2.45) is 0 Å². The molecule has 0 aliphatic rings. The first-order valence-corrected chi connectivity index (χ1v) is 4.93. The summed E-state index contributed by atoms with van der Waals surface area (Å²) in [6.45, 7) is 1.77. The highest BCUT2D eigenvalue weighted by molar-refractivity contribution is 5.92. The Balaban J connectivity index is 3.39. The number of rotatable bonds is 3. The molecule has 1 aromatic rings. The lowest BCUT2D eigenvalue weighted by molar-refractivity contribution is 0.0600. The summed E-state index contributed by atoms with van der Waals surface area (Å²) in [6, 6.07) is 5.09. The molecule has 0 saturated heterocycles. The molecule has 0 fully saturated rings. The van der Waals surface area contributed by atoms with Crippen molar-refractivity contribution in [3.8, 4) is 6.07 Å². The van der Waals surface area contributed by atoms with Crippen molar-refractivity contribution in [1.82, 2.24) is 0 Å². The van der Waals surface area contributed by atoms with Crippen LogP contribution in [0.3, 0.4) is 0 Å².